The highest BCUT2D eigenvalue weighted by molar-refractivity contribution is 7.80. The van der Waals surface area contributed by atoms with E-state index in [-0.39, 0.29) is 24.5 Å². The van der Waals surface area contributed by atoms with Crippen LogP contribution in [0.4, 0.5) is 25.0 Å². The highest BCUT2D eigenvalue weighted by Crippen LogP contribution is 2.31. The van der Waals surface area contributed by atoms with Gasteiger partial charge in [-0.2, -0.15) is 0 Å². The number of thiocarbonyl (C=S) groups is 2. The third-order valence-corrected chi connectivity index (χ3v) is 4.96. The predicted octanol–water partition coefficient (Wildman–Crippen LogP) is 2.63. The number of nitrogens with one attached hydrogen (secondary N) is 1. The quantitative estimate of drug-likeness (QED) is 0.712. The summed E-state index contributed by atoms with van der Waals surface area (Å²) in [5.74, 6) is -1.51. The van der Waals surface area contributed by atoms with Crippen molar-refractivity contribution < 1.29 is 23.1 Å². The zero-order valence-corrected chi connectivity index (χ0v) is 17.7. The molecule has 1 N–H and O–H groups in total. The van der Waals surface area contributed by atoms with Crippen LogP contribution < -0.4 is 15.1 Å². The van der Waals surface area contributed by atoms with Crippen LogP contribution in [0.3, 0.4) is 0 Å². The first kappa shape index (κ1) is 21.6. The molecule has 0 aromatic heterocycles. The van der Waals surface area contributed by atoms with Crippen molar-refractivity contribution in [2.24, 2.45) is 0 Å². The van der Waals surface area contributed by atoms with Gasteiger partial charge in [0.1, 0.15) is 16.8 Å². The first-order chi connectivity index (χ1) is 13.8. The molecular weight excluding hydrogens is 422 g/mol. The summed E-state index contributed by atoms with van der Waals surface area (Å²) in [6, 6.07) is 2.29. The van der Waals surface area contributed by atoms with E-state index in [1.54, 1.807) is 18.7 Å². The molecular formula is C18H22F2N4O3S2. The van der Waals surface area contributed by atoms with E-state index in [4.69, 9.17) is 34.0 Å². The molecule has 1 atom stereocenters. The highest BCUT2D eigenvalue weighted by Gasteiger charge is 2.33. The second-order valence-electron chi connectivity index (χ2n) is 6.75. The van der Waals surface area contributed by atoms with Gasteiger partial charge in [-0.3, -0.25) is 9.74 Å². The number of amides is 1. The number of hydrogen-bond donors (Lipinski definition) is 1. The molecule has 2 heterocycles. The average Bonchev–Trinajstić information content (AvgIpc) is 2.85. The molecule has 0 spiro atoms. The SMILES string of the molecule is CC(=S)NC[C@H]1CN(c2cc(F)c(N3CCON(C(C)=S)CC3)c(F)c2)C(=O)O1. The van der Waals surface area contributed by atoms with Crippen molar-refractivity contribution in [1.82, 2.24) is 10.4 Å². The number of ether oxygens (including phenoxy) is 1. The third-order valence-electron chi connectivity index (χ3n) is 4.61. The van der Waals surface area contributed by atoms with E-state index < -0.39 is 23.8 Å². The molecule has 3 rings (SSSR count). The largest absolute Gasteiger partial charge is 0.442 e. The molecule has 1 amide bonds. The van der Waals surface area contributed by atoms with E-state index >= 15 is 0 Å². The van der Waals surface area contributed by atoms with Crippen molar-refractivity contribution in [2.75, 3.05) is 49.1 Å². The van der Waals surface area contributed by atoms with E-state index in [9.17, 15) is 13.6 Å². The molecule has 7 nitrogen and oxygen atoms in total. The van der Waals surface area contributed by atoms with Gasteiger partial charge in [-0.05, 0) is 13.8 Å². The Morgan fingerprint density at radius 1 is 1.21 bits per heavy atom. The molecule has 0 unspecified atom stereocenters. The van der Waals surface area contributed by atoms with Gasteiger partial charge in [0.05, 0.1) is 36.9 Å². The summed E-state index contributed by atoms with van der Waals surface area (Å²) in [6.45, 7) is 5.25. The number of hydroxylamine groups is 2. The standard InChI is InChI=1S/C18H22F2N4O3S2/c1-11(28)21-9-14-10-23(18(25)27-14)13-7-15(19)17(16(20)8-13)22-3-4-24(12(2)29)26-6-5-22/h7-8,14H,3-6,9-10H2,1-2H3,(H,21,28)/t14-/m0/s1. The maximum absolute atomic E-state index is 14.8. The van der Waals surface area contributed by atoms with Crippen LogP contribution in [0.2, 0.25) is 0 Å². The van der Waals surface area contributed by atoms with Crippen molar-refractivity contribution in [2.45, 2.75) is 20.0 Å². The van der Waals surface area contributed by atoms with Crippen molar-refractivity contribution in [3.63, 3.8) is 0 Å². The van der Waals surface area contributed by atoms with E-state index in [0.717, 1.165) is 12.1 Å². The summed E-state index contributed by atoms with van der Waals surface area (Å²) in [6.07, 6.45) is -1.11. The normalized spacial score (nSPS) is 19.8. The molecule has 11 heteroatoms. The lowest BCUT2D eigenvalue weighted by Crippen LogP contribution is -2.33. The fraction of sp³-hybridized carbons (Fsp3) is 0.500. The highest BCUT2D eigenvalue weighted by atomic mass is 32.1. The monoisotopic (exact) mass is 444 g/mol. The van der Waals surface area contributed by atoms with E-state index in [0.29, 0.717) is 36.2 Å². The van der Waals surface area contributed by atoms with Crippen LogP contribution in [-0.4, -0.2) is 66.6 Å². The number of carbonyl (C=O) groups is 1. The minimum absolute atomic E-state index is 0.109. The fourth-order valence-electron chi connectivity index (χ4n) is 3.23. The summed E-state index contributed by atoms with van der Waals surface area (Å²) in [5.41, 5.74) is -0.0407. The summed E-state index contributed by atoms with van der Waals surface area (Å²) in [5, 5.41) is 4.46. The van der Waals surface area contributed by atoms with Crippen LogP contribution in [-0.2, 0) is 9.57 Å². The predicted molar refractivity (Wildman–Crippen MR) is 113 cm³/mol. The third kappa shape index (κ3) is 5.09. The summed E-state index contributed by atoms with van der Waals surface area (Å²) in [7, 11) is 0. The lowest BCUT2D eigenvalue weighted by atomic mass is 10.2. The van der Waals surface area contributed by atoms with Gasteiger partial charge >= 0.3 is 6.09 Å². The lowest BCUT2D eigenvalue weighted by molar-refractivity contribution is -0.0835. The number of rotatable bonds is 4. The molecule has 0 radical (unpaired) electrons. The number of halogens is 2. The first-order valence-electron chi connectivity index (χ1n) is 9.14. The van der Waals surface area contributed by atoms with Crippen molar-refractivity contribution in [1.29, 1.82) is 0 Å². The van der Waals surface area contributed by atoms with Crippen LogP contribution in [0.1, 0.15) is 13.8 Å². The zero-order valence-electron chi connectivity index (χ0n) is 16.1. The summed E-state index contributed by atoms with van der Waals surface area (Å²) >= 11 is 10.0. The zero-order chi connectivity index (χ0) is 21.1. The number of carbonyl (C=O) groups excluding carboxylic acids is 1. The smallest absolute Gasteiger partial charge is 0.414 e. The van der Waals surface area contributed by atoms with Crippen LogP contribution in [0.5, 0.6) is 0 Å². The molecule has 0 saturated carbocycles. The molecule has 0 aliphatic carbocycles. The Labute approximate surface area is 178 Å². The lowest BCUT2D eigenvalue weighted by Gasteiger charge is -2.24. The molecule has 2 aliphatic heterocycles. The molecule has 1 aromatic rings. The Hall–Kier alpha value is -2.11. The van der Waals surface area contributed by atoms with Crippen molar-refractivity contribution in [3.8, 4) is 0 Å². The molecule has 1 aromatic carbocycles. The van der Waals surface area contributed by atoms with Crippen LogP contribution >= 0.6 is 24.4 Å². The van der Waals surface area contributed by atoms with Gasteiger partial charge in [0.25, 0.3) is 0 Å². The minimum Gasteiger partial charge on any atom is -0.442 e. The van der Waals surface area contributed by atoms with Gasteiger partial charge in [-0.1, -0.05) is 24.4 Å². The van der Waals surface area contributed by atoms with Crippen LogP contribution in [0.25, 0.3) is 0 Å². The average molecular weight is 445 g/mol. The van der Waals surface area contributed by atoms with Crippen LogP contribution in [0, 0.1) is 11.6 Å². The van der Waals surface area contributed by atoms with Crippen molar-refractivity contribution >= 4 is 51.9 Å². The second kappa shape index (κ2) is 9.14. The van der Waals surface area contributed by atoms with E-state index in [1.165, 1.54) is 9.96 Å². The Morgan fingerprint density at radius 2 is 1.90 bits per heavy atom. The molecule has 29 heavy (non-hydrogen) atoms. The Morgan fingerprint density at radius 3 is 2.52 bits per heavy atom. The number of nitrogens with zero attached hydrogens (tertiary/aromatic N) is 3. The molecule has 0 bridgehead atoms. The molecule has 2 aliphatic rings. The number of anilines is 2. The van der Waals surface area contributed by atoms with E-state index in [1.807, 2.05) is 0 Å². The molecule has 2 fully saturated rings. The van der Waals surface area contributed by atoms with E-state index in [2.05, 4.69) is 5.32 Å². The van der Waals surface area contributed by atoms with Gasteiger partial charge < -0.3 is 15.0 Å². The second-order valence-corrected chi connectivity index (χ2v) is 7.96. The summed E-state index contributed by atoms with van der Waals surface area (Å²) < 4.78 is 34.9. The Bertz CT molecular complexity index is 803. The number of cyclic esters (lactones) is 1. The maximum atomic E-state index is 14.8. The van der Waals surface area contributed by atoms with Gasteiger partial charge in [0.2, 0.25) is 0 Å². The van der Waals surface area contributed by atoms with Gasteiger partial charge in [-0.25, -0.2) is 18.6 Å². The maximum Gasteiger partial charge on any atom is 0.414 e. The minimum atomic E-state index is -0.753. The van der Waals surface area contributed by atoms with Crippen LogP contribution in [0.15, 0.2) is 12.1 Å². The van der Waals surface area contributed by atoms with Gasteiger partial charge in [0, 0.05) is 25.2 Å². The van der Waals surface area contributed by atoms with Gasteiger partial charge in [-0.15, -0.1) is 0 Å². The van der Waals surface area contributed by atoms with Crippen molar-refractivity contribution in [3.05, 3.63) is 23.8 Å². The first-order valence-corrected chi connectivity index (χ1v) is 9.95. The topological polar surface area (TPSA) is 57.3 Å². The fourth-order valence-corrected chi connectivity index (χ4v) is 3.45. The Balaban J connectivity index is 1.75. The number of hydrogen-bond acceptors (Lipinski definition) is 6. The number of benzene rings is 1. The Kier molecular flexibility index (Phi) is 6.81. The van der Waals surface area contributed by atoms with Gasteiger partial charge in [0.15, 0.2) is 11.6 Å². The molecule has 2 saturated heterocycles. The molecule has 158 valence electrons. The summed E-state index contributed by atoms with van der Waals surface area (Å²) in [4.78, 5) is 21.5.